The average Bonchev–Trinajstić information content (AvgIpc) is 3.20. The second kappa shape index (κ2) is 7.59. The molecule has 1 N–H and O–H groups in total. The normalized spacial score (nSPS) is 18.0. The van der Waals surface area contributed by atoms with Crippen LogP contribution in [0.4, 0.5) is 0 Å². The van der Waals surface area contributed by atoms with Crippen LogP contribution in [0.2, 0.25) is 0 Å². The van der Waals surface area contributed by atoms with Crippen molar-refractivity contribution in [3.05, 3.63) is 52.2 Å². The minimum Gasteiger partial charge on any atom is -0.488 e. The van der Waals surface area contributed by atoms with Crippen LogP contribution in [-0.4, -0.2) is 19.3 Å². The Morgan fingerprint density at radius 2 is 2.14 bits per heavy atom. The van der Waals surface area contributed by atoms with Crippen molar-refractivity contribution in [2.24, 2.45) is 0 Å². The molecule has 2 heterocycles. The van der Waals surface area contributed by atoms with Gasteiger partial charge in [-0.15, -0.1) is 11.3 Å². The summed E-state index contributed by atoms with van der Waals surface area (Å²) in [6, 6.07) is 12.5. The van der Waals surface area contributed by atoms with Crippen molar-refractivity contribution in [2.45, 2.75) is 32.1 Å². The summed E-state index contributed by atoms with van der Waals surface area (Å²) in [5.41, 5.74) is 1.27. The van der Waals surface area contributed by atoms with Crippen LogP contribution in [0, 0.1) is 0 Å². The Hall–Kier alpha value is -1.36. The van der Waals surface area contributed by atoms with Gasteiger partial charge in [0.2, 0.25) is 0 Å². The summed E-state index contributed by atoms with van der Waals surface area (Å²) in [7, 11) is 0. The molecule has 1 atom stereocenters. The van der Waals surface area contributed by atoms with E-state index in [1.54, 1.807) is 11.3 Å². The lowest BCUT2D eigenvalue weighted by Crippen LogP contribution is -2.25. The SMILES string of the molecule is c1csc(COc2ccc(CNC[C@@H]3CCCO3)cc2)c1. The van der Waals surface area contributed by atoms with E-state index in [2.05, 4.69) is 28.9 Å². The molecule has 21 heavy (non-hydrogen) atoms. The minimum atomic E-state index is 0.401. The van der Waals surface area contributed by atoms with Gasteiger partial charge in [0.25, 0.3) is 0 Å². The van der Waals surface area contributed by atoms with Crippen molar-refractivity contribution in [2.75, 3.05) is 13.2 Å². The van der Waals surface area contributed by atoms with Crippen LogP contribution >= 0.6 is 11.3 Å². The topological polar surface area (TPSA) is 30.5 Å². The van der Waals surface area contributed by atoms with Crippen LogP contribution in [-0.2, 0) is 17.9 Å². The van der Waals surface area contributed by atoms with Gasteiger partial charge in [0.15, 0.2) is 0 Å². The first-order valence-electron chi connectivity index (χ1n) is 7.46. The molecule has 1 aliphatic heterocycles. The molecule has 0 unspecified atom stereocenters. The van der Waals surface area contributed by atoms with E-state index in [9.17, 15) is 0 Å². The highest BCUT2D eigenvalue weighted by molar-refractivity contribution is 7.09. The van der Waals surface area contributed by atoms with E-state index in [1.165, 1.54) is 23.3 Å². The molecule has 0 radical (unpaired) electrons. The quantitative estimate of drug-likeness (QED) is 0.848. The van der Waals surface area contributed by atoms with Crippen LogP contribution in [0.25, 0.3) is 0 Å². The van der Waals surface area contributed by atoms with E-state index < -0.39 is 0 Å². The highest BCUT2D eigenvalue weighted by atomic mass is 32.1. The third-order valence-corrected chi connectivity index (χ3v) is 4.46. The number of hydrogen-bond donors (Lipinski definition) is 1. The van der Waals surface area contributed by atoms with Gasteiger partial charge in [-0.1, -0.05) is 18.2 Å². The summed E-state index contributed by atoms with van der Waals surface area (Å²) in [6.07, 6.45) is 2.78. The van der Waals surface area contributed by atoms with Crippen LogP contribution in [0.15, 0.2) is 41.8 Å². The molecule has 0 bridgehead atoms. The number of rotatable bonds is 7. The Labute approximate surface area is 129 Å². The van der Waals surface area contributed by atoms with Crippen molar-refractivity contribution in [1.29, 1.82) is 0 Å². The second-order valence-corrected chi connectivity index (χ2v) is 6.31. The van der Waals surface area contributed by atoms with Gasteiger partial charge in [-0.3, -0.25) is 0 Å². The molecule has 1 aliphatic rings. The summed E-state index contributed by atoms with van der Waals surface area (Å²) in [5.74, 6) is 0.922. The van der Waals surface area contributed by atoms with Gasteiger partial charge in [-0.25, -0.2) is 0 Å². The van der Waals surface area contributed by atoms with E-state index in [0.717, 1.165) is 25.4 Å². The maximum absolute atomic E-state index is 5.76. The minimum absolute atomic E-state index is 0.401. The van der Waals surface area contributed by atoms with Crippen molar-refractivity contribution >= 4 is 11.3 Å². The number of hydrogen-bond acceptors (Lipinski definition) is 4. The fraction of sp³-hybridized carbons (Fsp3) is 0.412. The highest BCUT2D eigenvalue weighted by Gasteiger charge is 2.14. The summed E-state index contributed by atoms with van der Waals surface area (Å²) in [4.78, 5) is 1.25. The lowest BCUT2D eigenvalue weighted by atomic mass is 10.2. The zero-order valence-electron chi connectivity index (χ0n) is 12.1. The first-order valence-corrected chi connectivity index (χ1v) is 8.34. The second-order valence-electron chi connectivity index (χ2n) is 5.28. The first kappa shape index (κ1) is 14.6. The Bertz CT molecular complexity index is 518. The van der Waals surface area contributed by atoms with Gasteiger partial charge < -0.3 is 14.8 Å². The van der Waals surface area contributed by atoms with Gasteiger partial charge in [0.05, 0.1) is 6.10 Å². The fourth-order valence-electron chi connectivity index (χ4n) is 2.44. The third-order valence-electron chi connectivity index (χ3n) is 3.61. The summed E-state index contributed by atoms with van der Waals surface area (Å²) in [5, 5.41) is 5.52. The van der Waals surface area contributed by atoms with Crippen LogP contribution < -0.4 is 10.1 Å². The van der Waals surface area contributed by atoms with E-state index in [-0.39, 0.29) is 0 Å². The average molecular weight is 303 g/mol. The molecule has 4 heteroatoms. The van der Waals surface area contributed by atoms with Crippen molar-refractivity contribution in [3.63, 3.8) is 0 Å². The summed E-state index contributed by atoms with van der Waals surface area (Å²) < 4.78 is 11.4. The van der Waals surface area contributed by atoms with Crippen LogP contribution in [0.1, 0.15) is 23.3 Å². The van der Waals surface area contributed by atoms with Crippen LogP contribution in [0.5, 0.6) is 5.75 Å². The van der Waals surface area contributed by atoms with Crippen LogP contribution in [0.3, 0.4) is 0 Å². The number of benzene rings is 1. The third kappa shape index (κ3) is 4.56. The molecule has 0 spiro atoms. The molecule has 1 aromatic carbocycles. The Morgan fingerprint density at radius 1 is 1.24 bits per heavy atom. The van der Waals surface area contributed by atoms with E-state index >= 15 is 0 Å². The standard InChI is InChI=1S/C17H21NO2S/c1-3-16(19-9-1)12-18-11-14-5-7-15(8-6-14)20-13-17-4-2-10-21-17/h2,4-8,10,16,18H,1,3,9,11-13H2/t16-/m0/s1. The van der Waals surface area contributed by atoms with E-state index in [4.69, 9.17) is 9.47 Å². The van der Waals surface area contributed by atoms with Crippen molar-refractivity contribution in [3.8, 4) is 5.75 Å². The first-order chi connectivity index (χ1) is 10.4. The predicted molar refractivity (Wildman–Crippen MR) is 85.8 cm³/mol. The van der Waals surface area contributed by atoms with E-state index in [1.807, 2.05) is 18.2 Å². The van der Waals surface area contributed by atoms with Gasteiger partial charge in [0.1, 0.15) is 12.4 Å². The smallest absolute Gasteiger partial charge is 0.122 e. The molecular weight excluding hydrogens is 282 g/mol. The number of nitrogens with one attached hydrogen (secondary N) is 1. The molecular formula is C17H21NO2S. The maximum Gasteiger partial charge on any atom is 0.122 e. The van der Waals surface area contributed by atoms with Gasteiger partial charge in [-0.2, -0.15) is 0 Å². The van der Waals surface area contributed by atoms with Crippen molar-refractivity contribution in [1.82, 2.24) is 5.32 Å². The molecule has 1 saturated heterocycles. The molecule has 0 amide bonds. The monoisotopic (exact) mass is 303 g/mol. The molecule has 3 rings (SSSR count). The summed E-state index contributed by atoms with van der Waals surface area (Å²) >= 11 is 1.72. The highest BCUT2D eigenvalue weighted by Crippen LogP contribution is 2.16. The van der Waals surface area contributed by atoms with Crippen molar-refractivity contribution < 1.29 is 9.47 Å². The summed E-state index contributed by atoms with van der Waals surface area (Å²) in [6.45, 7) is 3.39. The fourth-order valence-corrected chi connectivity index (χ4v) is 3.05. The van der Waals surface area contributed by atoms with Gasteiger partial charge >= 0.3 is 0 Å². The zero-order valence-corrected chi connectivity index (χ0v) is 12.9. The zero-order chi connectivity index (χ0) is 14.3. The Kier molecular flexibility index (Phi) is 5.27. The molecule has 2 aromatic rings. The Morgan fingerprint density at radius 3 is 2.86 bits per heavy atom. The molecule has 1 fully saturated rings. The Balaban J connectivity index is 1.40. The van der Waals surface area contributed by atoms with Gasteiger partial charge in [-0.05, 0) is 42.0 Å². The predicted octanol–water partition coefficient (Wildman–Crippen LogP) is 3.60. The van der Waals surface area contributed by atoms with E-state index in [0.29, 0.717) is 12.7 Å². The molecule has 1 aromatic heterocycles. The van der Waals surface area contributed by atoms with Gasteiger partial charge in [0, 0.05) is 24.6 Å². The number of ether oxygens (including phenoxy) is 2. The molecule has 112 valence electrons. The lowest BCUT2D eigenvalue weighted by molar-refractivity contribution is 0.110. The lowest BCUT2D eigenvalue weighted by Gasteiger charge is -2.11. The maximum atomic E-state index is 5.76. The molecule has 0 aliphatic carbocycles. The molecule has 0 saturated carbocycles. The largest absolute Gasteiger partial charge is 0.488 e. The molecule has 3 nitrogen and oxygen atoms in total. The number of thiophene rings is 1.